The monoisotopic (exact) mass is 486 g/mol. The lowest BCUT2D eigenvalue weighted by atomic mass is 9.31. The van der Waals surface area contributed by atoms with Crippen LogP contribution in [0.5, 0.6) is 0 Å². The summed E-state index contributed by atoms with van der Waals surface area (Å²) in [4.78, 5) is 21.5. The van der Waals surface area contributed by atoms with Crippen molar-refractivity contribution < 1.29 is 4.39 Å². The molecule has 3 saturated heterocycles. The van der Waals surface area contributed by atoms with Gasteiger partial charge in [-0.1, -0.05) is 48.7 Å². The quantitative estimate of drug-likeness (QED) is 0.335. The Kier molecular flexibility index (Phi) is 5.08. The van der Waals surface area contributed by atoms with Crippen LogP contribution in [-0.2, 0) is 0 Å². The van der Waals surface area contributed by atoms with Crippen molar-refractivity contribution in [2.24, 2.45) is 5.92 Å². The van der Waals surface area contributed by atoms with Gasteiger partial charge in [0.2, 0.25) is 0 Å². The Morgan fingerprint density at radius 1 is 1.16 bits per heavy atom. The van der Waals surface area contributed by atoms with Crippen LogP contribution in [0.4, 0.5) is 10.2 Å². The van der Waals surface area contributed by atoms with Gasteiger partial charge < -0.3 is 10.3 Å². The number of nitrogens with zero attached hydrogens (tertiary/aromatic N) is 4. The van der Waals surface area contributed by atoms with Crippen molar-refractivity contribution in [2.75, 3.05) is 5.32 Å². The standard InChI is InChI=1S/C21H18BCl2FN6S/c23-14-9-27-21-17(29-14)11(8-26-21)19-30-18(12-1-2-15(24)32-12)16(25)20(31-19)28-13-7-10-3-5-22(13)6-4-10/h1-2,8-10,13H,3-7H2,(H,26,27)(H,28,30,31). The van der Waals surface area contributed by atoms with E-state index in [2.05, 4.69) is 30.2 Å². The number of rotatable bonds is 4. The van der Waals surface area contributed by atoms with Crippen LogP contribution in [0.25, 0.3) is 33.1 Å². The van der Waals surface area contributed by atoms with Crippen LogP contribution in [0.1, 0.15) is 19.3 Å². The molecule has 7 rings (SSSR count). The van der Waals surface area contributed by atoms with Crippen LogP contribution in [0, 0.1) is 11.7 Å². The van der Waals surface area contributed by atoms with E-state index in [4.69, 9.17) is 23.2 Å². The summed E-state index contributed by atoms with van der Waals surface area (Å²) >= 11 is 13.5. The van der Waals surface area contributed by atoms with E-state index in [1.807, 2.05) is 0 Å². The second kappa shape index (κ2) is 7.97. The van der Waals surface area contributed by atoms with E-state index >= 15 is 4.39 Å². The van der Waals surface area contributed by atoms with E-state index in [0.717, 1.165) is 6.42 Å². The zero-order chi connectivity index (χ0) is 21.8. The summed E-state index contributed by atoms with van der Waals surface area (Å²) in [6.45, 7) is 0.551. The third kappa shape index (κ3) is 3.56. The average Bonchev–Trinajstić information content (AvgIpc) is 3.42. The van der Waals surface area contributed by atoms with Crippen LogP contribution in [-0.4, -0.2) is 37.6 Å². The summed E-state index contributed by atoms with van der Waals surface area (Å²) in [6.07, 6.45) is 9.17. The molecule has 0 aliphatic carbocycles. The van der Waals surface area contributed by atoms with Crippen molar-refractivity contribution in [3.63, 3.8) is 0 Å². The van der Waals surface area contributed by atoms with Gasteiger partial charge in [0.05, 0.1) is 21.0 Å². The largest absolute Gasteiger partial charge is 0.372 e. The first-order valence-corrected chi connectivity index (χ1v) is 12.2. The number of hydrogen-bond acceptors (Lipinski definition) is 6. The highest BCUT2D eigenvalue weighted by molar-refractivity contribution is 7.19. The fraction of sp³-hybridized carbons (Fsp3) is 0.333. The molecule has 2 N–H and O–H groups in total. The van der Waals surface area contributed by atoms with Gasteiger partial charge in [-0.2, -0.15) is 0 Å². The number of hydrogen-bond donors (Lipinski definition) is 2. The van der Waals surface area contributed by atoms with Crippen molar-refractivity contribution in [1.29, 1.82) is 0 Å². The van der Waals surface area contributed by atoms with E-state index in [1.54, 1.807) is 18.3 Å². The Bertz CT molecular complexity index is 1320. The highest BCUT2D eigenvalue weighted by atomic mass is 35.5. The first-order chi connectivity index (χ1) is 15.5. The van der Waals surface area contributed by atoms with Crippen LogP contribution >= 0.6 is 34.5 Å². The second-order valence-corrected chi connectivity index (χ2v) is 10.6. The van der Waals surface area contributed by atoms with E-state index in [-0.39, 0.29) is 22.6 Å². The third-order valence-corrected chi connectivity index (χ3v) is 8.04. The van der Waals surface area contributed by atoms with Gasteiger partial charge in [-0.3, -0.25) is 0 Å². The molecule has 0 radical (unpaired) electrons. The molecule has 3 aliphatic heterocycles. The van der Waals surface area contributed by atoms with Gasteiger partial charge >= 0.3 is 0 Å². The lowest BCUT2D eigenvalue weighted by Gasteiger charge is -2.41. The predicted molar refractivity (Wildman–Crippen MR) is 128 cm³/mol. The number of H-pyrrole nitrogens is 1. The molecule has 1 atom stereocenters. The molecule has 7 heterocycles. The van der Waals surface area contributed by atoms with E-state index < -0.39 is 5.82 Å². The minimum atomic E-state index is -0.460. The van der Waals surface area contributed by atoms with Gasteiger partial charge in [0.1, 0.15) is 16.4 Å². The fourth-order valence-corrected chi connectivity index (χ4v) is 6.20. The first kappa shape index (κ1) is 20.4. The molecule has 2 bridgehead atoms. The molecule has 11 heteroatoms. The van der Waals surface area contributed by atoms with Crippen LogP contribution in [0.2, 0.25) is 22.1 Å². The van der Waals surface area contributed by atoms with Crippen molar-refractivity contribution in [3.05, 3.63) is 39.8 Å². The first-order valence-electron chi connectivity index (χ1n) is 10.6. The molecule has 162 valence electrons. The average molecular weight is 487 g/mol. The number of aromatic amines is 1. The zero-order valence-corrected chi connectivity index (χ0v) is 19.2. The van der Waals surface area contributed by atoms with Crippen LogP contribution < -0.4 is 5.32 Å². The SMILES string of the molecule is Fc1c(NC2CC3CCB2CC3)nc(-c2c[nH]c3ncc(Cl)nc23)nc1-c1ccc(Cl)s1. The zero-order valence-electron chi connectivity index (χ0n) is 16.9. The summed E-state index contributed by atoms with van der Waals surface area (Å²) in [5.41, 5.74) is 1.95. The molecular weight excluding hydrogens is 469 g/mol. The Balaban J connectivity index is 1.48. The van der Waals surface area contributed by atoms with Crippen LogP contribution in [0.3, 0.4) is 0 Å². The van der Waals surface area contributed by atoms with Crippen LogP contribution in [0.15, 0.2) is 24.5 Å². The Labute approximate surface area is 198 Å². The predicted octanol–water partition coefficient (Wildman–Crippen LogP) is 6.22. The Hall–Kier alpha value is -2.23. The number of nitrogens with one attached hydrogen (secondary N) is 2. The van der Waals surface area contributed by atoms with Crippen molar-refractivity contribution in [1.82, 2.24) is 24.9 Å². The van der Waals surface area contributed by atoms with Gasteiger partial charge in [0.15, 0.2) is 29.8 Å². The topological polar surface area (TPSA) is 79.4 Å². The Morgan fingerprint density at radius 3 is 2.72 bits per heavy atom. The van der Waals surface area contributed by atoms with Gasteiger partial charge in [0, 0.05) is 12.1 Å². The molecule has 6 nitrogen and oxygen atoms in total. The summed E-state index contributed by atoms with van der Waals surface area (Å²) in [7, 11) is 0. The number of thiophene rings is 1. The molecule has 4 aromatic heterocycles. The maximum atomic E-state index is 15.7. The summed E-state index contributed by atoms with van der Waals surface area (Å²) in [5.74, 6) is 1.05. The van der Waals surface area contributed by atoms with Gasteiger partial charge in [-0.25, -0.2) is 24.3 Å². The second-order valence-electron chi connectivity index (χ2n) is 8.52. The fourth-order valence-electron chi connectivity index (χ4n) is 5.04. The molecule has 32 heavy (non-hydrogen) atoms. The molecule has 1 unspecified atom stereocenters. The highest BCUT2D eigenvalue weighted by Crippen LogP contribution is 2.40. The maximum Gasteiger partial charge on any atom is 0.192 e. The highest BCUT2D eigenvalue weighted by Gasteiger charge is 2.38. The smallest absolute Gasteiger partial charge is 0.192 e. The minimum absolute atomic E-state index is 0.219. The lowest BCUT2D eigenvalue weighted by molar-refractivity contribution is 0.397. The normalized spacial score (nSPS) is 20.3. The third-order valence-electron chi connectivity index (χ3n) is 6.62. The number of aromatic nitrogens is 5. The Morgan fingerprint density at radius 2 is 2.00 bits per heavy atom. The molecule has 0 amide bonds. The van der Waals surface area contributed by atoms with E-state index in [1.165, 1.54) is 43.0 Å². The van der Waals surface area contributed by atoms with Gasteiger partial charge in [-0.15, -0.1) is 11.3 Å². The molecule has 3 aliphatic rings. The number of fused-ring (bicyclic) bond motifs is 4. The minimum Gasteiger partial charge on any atom is -0.372 e. The van der Waals surface area contributed by atoms with Crippen molar-refractivity contribution in [3.8, 4) is 22.0 Å². The van der Waals surface area contributed by atoms with Gasteiger partial charge in [0.25, 0.3) is 0 Å². The summed E-state index contributed by atoms with van der Waals surface area (Å²) in [5, 5.41) is 3.70. The summed E-state index contributed by atoms with van der Waals surface area (Å²) < 4.78 is 16.3. The number of anilines is 1. The summed E-state index contributed by atoms with van der Waals surface area (Å²) in [6, 6.07) is 3.52. The lowest BCUT2D eigenvalue weighted by Crippen LogP contribution is -2.47. The van der Waals surface area contributed by atoms with E-state index in [9.17, 15) is 0 Å². The molecular formula is C21H18BCl2FN6S. The molecule has 0 aromatic carbocycles. The molecule has 3 fully saturated rings. The van der Waals surface area contributed by atoms with Crippen molar-refractivity contribution in [2.45, 2.75) is 37.8 Å². The van der Waals surface area contributed by atoms with E-state index in [0.29, 0.717) is 44.4 Å². The molecule has 0 spiro atoms. The number of halogens is 3. The van der Waals surface area contributed by atoms with Gasteiger partial charge in [-0.05, 0) is 24.5 Å². The van der Waals surface area contributed by atoms with Crippen molar-refractivity contribution >= 4 is 58.2 Å². The maximum absolute atomic E-state index is 15.7. The molecule has 0 saturated carbocycles. The molecule has 4 aromatic rings.